The molecule has 35 heavy (non-hydrogen) atoms. The first-order valence-electron chi connectivity index (χ1n) is 10.9. The molecule has 0 fully saturated rings. The van der Waals surface area contributed by atoms with Crippen molar-refractivity contribution in [2.75, 3.05) is 6.54 Å². The molecule has 0 saturated heterocycles. The lowest BCUT2D eigenvalue weighted by Crippen LogP contribution is -2.39. The Morgan fingerprint density at radius 2 is 1.86 bits per heavy atom. The number of nitrogens with two attached hydrogens (primary N) is 1. The Bertz CT molecular complexity index is 1340. The number of nitrogens with one attached hydrogen (secondary N) is 1. The standard InChI is InChI=1S/C25H26FN5O2S2/c1-14-21(35-23(30-14)19-11-34-13-29-19)22(32)28-12-25(4,33)20-10-16(24(2,3)27)9-18(31-20)15-5-7-17(26)8-6-15/h5-11,13,33H,12,27H2,1-4H3,(H,28,32). The summed E-state index contributed by atoms with van der Waals surface area (Å²) in [6.07, 6.45) is 0. The summed E-state index contributed by atoms with van der Waals surface area (Å²) in [6.45, 7) is 6.97. The van der Waals surface area contributed by atoms with Gasteiger partial charge in [0, 0.05) is 16.5 Å². The van der Waals surface area contributed by atoms with E-state index in [1.165, 1.54) is 34.8 Å². The average Bonchev–Trinajstić information content (AvgIpc) is 3.47. The van der Waals surface area contributed by atoms with Gasteiger partial charge in [-0.05, 0) is 69.7 Å². The first-order valence-corrected chi connectivity index (χ1v) is 12.6. The highest BCUT2D eigenvalue weighted by Crippen LogP contribution is 2.30. The fourth-order valence-corrected chi connectivity index (χ4v) is 4.97. The van der Waals surface area contributed by atoms with Crippen LogP contribution in [0.4, 0.5) is 4.39 Å². The topological polar surface area (TPSA) is 114 Å². The van der Waals surface area contributed by atoms with Crippen molar-refractivity contribution in [3.8, 4) is 22.0 Å². The molecule has 0 radical (unpaired) electrons. The van der Waals surface area contributed by atoms with Crippen molar-refractivity contribution in [2.24, 2.45) is 5.73 Å². The van der Waals surface area contributed by atoms with E-state index in [1.807, 2.05) is 25.3 Å². The molecule has 1 amide bonds. The average molecular weight is 512 g/mol. The molecule has 4 aromatic rings. The van der Waals surface area contributed by atoms with Gasteiger partial charge in [-0.2, -0.15) is 0 Å². The van der Waals surface area contributed by atoms with E-state index in [1.54, 1.807) is 37.6 Å². The van der Waals surface area contributed by atoms with E-state index in [9.17, 15) is 14.3 Å². The van der Waals surface area contributed by atoms with Gasteiger partial charge in [0.15, 0.2) is 0 Å². The summed E-state index contributed by atoms with van der Waals surface area (Å²) in [7, 11) is 0. The molecule has 1 atom stereocenters. The molecule has 3 heterocycles. The minimum Gasteiger partial charge on any atom is -0.382 e. The first-order chi connectivity index (χ1) is 16.4. The maximum absolute atomic E-state index is 13.4. The summed E-state index contributed by atoms with van der Waals surface area (Å²) < 4.78 is 13.4. The Morgan fingerprint density at radius 1 is 1.14 bits per heavy atom. The van der Waals surface area contributed by atoms with E-state index >= 15 is 0 Å². The molecule has 3 aromatic heterocycles. The lowest BCUT2D eigenvalue weighted by Gasteiger charge is -2.27. The lowest BCUT2D eigenvalue weighted by molar-refractivity contribution is 0.0490. The summed E-state index contributed by atoms with van der Waals surface area (Å²) in [5, 5.41) is 16.7. The van der Waals surface area contributed by atoms with Crippen LogP contribution in [0.15, 0.2) is 47.3 Å². The van der Waals surface area contributed by atoms with Gasteiger partial charge in [0.05, 0.1) is 29.1 Å². The molecular weight excluding hydrogens is 485 g/mol. The number of thiazole rings is 2. The number of aryl methyl sites for hydroxylation is 1. The third-order valence-corrected chi connectivity index (χ3v) is 7.27. The van der Waals surface area contributed by atoms with Gasteiger partial charge in [0.2, 0.25) is 0 Å². The van der Waals surface area contributed by atoms with Crippen LogP contribution < -0.4 is 11.1 Å². The maximum atomic E-state index is 13.4. The summed E-state index contributed by atoms with van der Waals surface area (Å²) >= 11 is 2.71. The van der Waals surface area contributed by atoms with Crippen molar-refractivity contribution in [3.63, 3.8) is 0 Å². The lowest BCUT2D eigenvalue weighted by atomic mass is 9.90. The van der Waals surface area contributed by atoms with E-state index in [-0.39, 0.29) is 18.3 Å². The Balaban J connectivity index is 1.60. The normalized spacial score (nSPS) is 13.5. The van der Waals surface area contributed by atoms with E-state index in [4.69, 9.17) is 5.73 Å². The molecule has 1 aromatic carbocycles. The van der Waals surface area contributed by atoms with Crippen molar-refractivity contribution in [1.29, 1.82) is 0 Å². The zero-order valence-electron chi connectivity index (χ0n) is 19.8. The second-order valence-electron chi connectivity index (χ2n) is 9.12. The molecule has 0 spiro atoms. The number of carbonyl (C=O) groups is 1. The number of pyridine rings is 1. The third-order valence-electron chi connectivity index (χ3n) is 5.51. The van der Waals surface area contributed by atoms with Crippen molar-refractivity contribution < 1.29 is 14.3 Å². The molecule has 7 nitrogen and oxygen atoms in total. The highest BCUT2D eigenvalue weighted by atomic mass is 32.1. The van der Waals surface area contributed by atoms with Crippen LogP contribution in [-0.2, 0) is 11.1 Å². The number of aliphatic hydroxyl groups is 1. The van der Waals surface area contributed by atoms with Gasteiger partial charge in [-0.15, -0.1) is 22.7 Å². The second kappa shape index (κ2) is 9.54. The first kappa shape index (κ1) is 25.1. The summed E-state index contributed by atoms with van der Waals surface area (Å²) in [4.78, 5) is 26.7. The molecule has 0 aliphatic carbocycles. The van der Waals surface area contributed by atoms with E-state index < -0.39 is 11.1 Å². The number of benzene rings is 1. The quantitative estimate of drug-likeness (QED) is 0.334. The van der Waals surface area contributed by atoms with Crippen LogP contribution in [0, 0.1) is 12.7 Å². The van der Waals surface area contributed by atoms with Gasteiger partial charge >= 0.3 is 0 Å². The Hall–Kier alpha value is -3.05. The Kier molecular flexibility index (Phi) is 6.83. The fraction of sp³-hybridized carbons (Fsp3) is 0.280. The van der Waals surface area contributed by atoms with Crippen LogP contribution >= 0.6 is 22.7 Å². The van der Waals surface area contributed by atoms with Gasteiger partial charge < -0.3 is 16.2 Å². The SMILES string of the molecule is Cc1nc(-c2cscn2)sc1C(=O)NCC(C)(O)c1cc(C(C)(C)N)cc(-c2ccc(F)cc2)n1. The van der Waals surface area contributed by atoms with Crippen molar-refractivity contribution in [2.45, 2.75) is 38.8 Å². The van der Waals surface area contributed by atoms with E-state index in [0.29, 0.717) is 32.5 Å². The van der Waals surface area contributed by atoms with E-state index in [0.717, 1.165) is 11.3 Å². The molecule has 0 aliphatic rings. The zero-order chi connectivity index (χ0) is 25.4. The summed E-state index contributed by atoms with van der Waals surface area (Å²) in [5.74, 6) is -0.689. The monoisotopic (exact) mass is 511 g/mol. The number of aromatic nitrogens is 3. The number of halogens is 1. The predicted octanol–water partition coefficient (Wildman–Crippen LogP) is 4.61. The summed E-state index contributed by atoms with van der Waals surface area (Å²) in [6, 6.07) is 9.51. The zero-order valence-corrected chi connectivity index (χ0v) is 21.4. The number of hydrogen-bond donors (Lipinski definition) is 3. The van der Waals surface area contributed by atoms with Crippen LogP contribution in [0.2, 0.25) is 0 Å². The van der Waals surface area contributed by atoms with Gasteiger partial charge in [0.1, 0.15) is 27.0 Å². The summed E-state index contributed by atoms with van der Waals surface area (Å²) in [5.41, 5.74) is 9.51. The minimum absolute atomic E-state index is 0.0838. The van der Waals surface area contributed by atoms with Crippen molar-refractivity contribution in [1.82, 2.24) is 20.3 Å². The van der Waals surface area contributed by atoms with Gasteiger partial charge in [-0.3, -0.25) is 4.79 Å². The van der Waals surface area contributed by atoms with Crippen LogP contribution in [-0.4, -0.2) is 32.5 Å². The van der Waals surface area contributed by atoms with Crippen LogP contribution in [0.5, 0.6) is 0 Å². The van der Waals surface area contributed by atoms with Crippen molar-refractivity contribution in [3.05, 3.63) is 74.9 Å². The van der Waals surface area contributed by atoms with Gasteiger partial charge in [0.25, 0.3) is 5.91 Å². The second-order valence-corrected chi connectivity index (χ2v) is 10.8. The number of rotatable bonds is 7. The maximum Gasteiger partial charge on any atom is 0.263 e. The number of amides is 1. The molecule has 182 valence electrons. The molecule has 4 N–H and O–H groups in total. The molecule has 0 saturated carbocycles. The van der Waals surface area contributed by atoms with Crippen LogP contribution in [0.25, 0.3) is 22.0 Å². The molecular formula is C25H26FN5O2S2. The molecule has 4 rings (SSSR count). The molecule has 1 unspecified atom stereocenters. The van der Waals surface area contributed by atoms with Crippen LogP contribution in [0.1, 0.15) is 47.4 Å². The highest BCUT2D eigenvalue weighted by molar-refractivity contribution is 7.17. The largest absolute Gasteiger partial charge is 0.382 e. The highest BCUT2D eigenvalue weighted by Gasteiger charge is 2.29. The number of nitrogens with zero attached hydrogens (tertiary/aromatic N) is 3. The number of hydrogen-bond acceptors (Lipinski definition) is 8. The smallest absolute Gasteiger partial charge is 0.263 e. The fourth-order valence-electron chi connectivity index (χ4n) is 3.41. The molecule has 10 heteroatoms. The number of carbonyl (C=O) groups excluding carboxylic acids is 1. The van der Waals surface area contributed by atoms with E-state index in [2.05, 4.69) is 20.3 Å². The van der Waals surface area contributed by atoms with Gasteiger partial charge in [-0.1, -0.05) is 0 Å². The molecule has 0 bridgehead atoms. The Morgan fingerprint density at radius 3 is 2.49 bits per heavy atom. The Labute approximate surface area is 210 Å². The molecule has 0 aliphatic heterocycles. The van der Waals surface area contributed by atoms with Crippen molar-refractivity contribution >= 4 is 28.6 Å². The van der Waals surface area contributed by atoms with Crippen LogP contribution in [0.3, 0.4) is 0 Å². The van der Waals surface area contributed by atoms with Gasteiger partial charge in [-0.25, -0.2) is 19.3 Å². The minimum atomic E-state index is -1.50. The predicted molar refractivity (Wildman–Crippen MR) is 137 cm³/mol. The third kappa shape index (κ3) is 5.62.